The van der Waals surface area contributed by atoms with Gasteiger partial charge in [0.05, 0.1) is 10.6 Å². The number of carbonyl (C=O) groups excluding carboxylic acids is 2. The van der Waals surface area contributed by atoms with Crippen molar-refractivity contribution in [3.8, 4) is 11.3 Å². The van der Waals surface area contributed by atoms with Crippen molar-refractivity contribution in [3.05, 3.63) is 106 Å². The van der Waals surface area contributed by atoms with Gasteiger partial charge in [-0.1, -0.05) is 52.7 Å². The molecule has 4 aromatic rings. The van der Waals surface area contributed by atoms with Crippen molar-refractivity contribution >= 4 is 29.1 Å². The average molecular weight is 478 g/mol. The van der Waals surface area contributed by atoms with Crippen LogP contribution in [0.25, 0.3) is 11.3 Å². The molecule has 0 saturated carbocycles. The number of halogens is 2. The van der Waals surface area contributed by atoms with Crippen molar-refractivity contribution in [2.75, 3.05) is 5.32 Å². The van der Waals surface area contributed by atoms with Gasteiger partial charge in [-0.15, -0.1) is 0 Å². The Labute approximate surface area is 200 Å². The van der Waals surface area contributed by atoms with Crippen LogP contribution in [0.5, 0.6) is 0 Å². The summed E-state index contributed by atoms with van der Waals surface area (Å²) in [6, 6.07) is 18.6. The monoisotopic (exact) mass is 477 g/mol. The first kappa shape index (κ1) is 23.2. The van der Waals surface area contributed by atoms with Crippen LogP contribution < -0.4 is 10.6 Å². The number of hydrogen-bond acceptors (Lipinski definition) is 4. The summed E-state index contributed by atoms with van der Waals surface area (Å²) in [4.78, 5) is 25.4. The summed E-state index contributed by atoms with van der Waals surface area (Å²) in [5, 5.41) is 9.63. The molecule has 0 aliphatic carbocycles. The molecule has 0 saturated heterocycles. The largest absolute Gasteiger partial charge is 0.360 e. The van der Waals surface area contributed by atoms with Crippen LogP contribution in [0, 0.1) is 19.7 Å². The summed E-state index contributed by atoms with van der Waals surface area (Å²) >= 11 is 6.15. The van der Waals surface area contributed by atoms with Gasteiger partial charge in [0.25, 0.3) is 11.8 Å². The number of anilines is 1. The van der Waals surface area contributed by atoms with E-state index in [-0.39, 0.29) is 40.1 Å². The van der Waals surface area contributed by atoms with E-state index in [0.29, 0.717) is 11.3 Å². The van der Waals surface area contributed by atoms with E-state index in [9.17, 15) is 14.0 Å². The number of carbonyl (C=O) groups is 2. The molecular formula is C26H21ClFN3O3. The summed E-state index contributed by atoms with van der Waals surface area (Å²) in [7, 11) is 0. The maximum Gasteiger partial charge on any atom is 0.257 e. The number of nitrogens with zero attached hydrogens (tertiary/aromatic N) is 1. The van der Waals surface area contributed by atoms with Crippen molar-refractivity contribution in [1.82, 2.24) is 10.5 Å². The molecule has 0 fully saturated rings. The third kappa shape index (κ3) is 5.00. The fraction of sp³-hybridized carbons (Fsp3) is 0.115. The SMILES string of the molecule is Cc1ccc(C(=O)Nc2cccc(CNC(=O)c3c(-c4c(F)cccc4Cl)noc3C)c2)cc1. The Morgan fingerprint density at radius 2 is 1.74 bits per heavy atom. The van der Waals surface area contributed by atoms with Crippen LogP contribution in [0.1, 0.15) is 37.6 Å². The van der Waals surface area contributed by atoms with Crippen LogP contribution in [-0.4, -0.2) is 17.0 Å². The standard InChI is InChI=1S/C26H21ClFN3O3/c1-15-9-11-18(12-10-15)25(32)30-19-6-3-5-17(13-19)14-29-26(33)22-16(2)34-31-24(22)23-20(27)7-4-8-21(23)28/h3-13H,14H2,1-2H3,(H,29,33)(H,30,32). The molecule has 0 unspecified atom stereocenters. The van der Waals surface area contributed by atoms with Crippen LogP contribution in [0.3, 0.4) is 0 Å². The summed E-state index contributed by atoms with van der Waals surface area (Å²) in [6.45, 7) is 3.69. The third-order valence-electron chi connectivity index (χ3n) is 5.24. The second-order valence-electron chi connectivity index (χ2n) is 7.76. The maximum atomic E-state index is 14.4. The van der Waals surface area contributed by atoms with E-state index >= 15 is 0 Å². The number of benzene rings is 3. The predicted molar refractivity (Wildman–Crippen MR) is 128 cm³/mol. The highest BCUT2D eigenvalue weighted by molar-refractivity contribution is 6.33. The second-order valence-corrected chi connectivity index (χ2v) is 8.17. The van der Waals surface area contributed by atoms with E-state index < -0.39 is 11.7 Å². The average Bonchev–Trinajstić information content (AvgIpc) is 3.19. The lowest BCUT2D eigenvalue weighted by molar-refractivity contribution is 0.0949. The Morgan fingerprint density at radius 3 is 2.47 bits per heavy atom. The van der Waals surface area contributed by atoms with Crippen molar-refractivity contribution < 1.29 is 18.5 Å². The van der Waals surface area contributed by atoms with Gasteiger partial charge in [-0.3, -0.25) is 9.59 Å². The molecule has 0 radical (unpaired) electrons. The van der Waals surface area contributed by atoms with Crippen molar-refractivity contribution in [2.45, 2.75) is 20.4 Å². The van der Waals surface area contributed by atoms with Gasteiger partial charge in [-0.25, -0.2) is 4.39 Å². The minimum Gasteiger partial charge on any atom is -0.360 e. The van der Waals surface area contributed by atoms with Crippen LogP contribution in [0.4, 0.5) is 10.1 Å². The fourth-order valence-electron chi connectivity index (χ4n) is 3.47. The quantitative estimate of drug-likeness (QED) is 0.360. The van der Waals surface area contributed by atoms with E-state index in [2.05, 4.69) is 15.8 Å². The maximum absolute atomic E-state index is 14.4. The van der Waals surface area contributed by atoms with E-state index in [1.165, 1.54) is 18.2 Å². The minimum atomic E-state index is -0.605. The van der Waals surface area contributed by atoms with Gasteiger partial charge in [0.1, 0.15) is 22.8 Å². The molecule has 0 aliphatic heterocycles. The van der Waals surface area contributed by atoms with Gasteiger partial charge in [0, 0.05) is 17.8 Å². The normalized spacial score (nSPS) is 10.7. The number of amides is 2. The molecule has 0 spiro atoms. The topological polar surface area (TPSA) is 84.2 Å². The first-order valence-electron chi connectivity index (χ1n) is 10.5. The van der Waals surface area contributed by atoms with E-state index in [1.54, 1.807) is 37.3 Å². The van der Waals surface area contributed by atoms with Gasteiger partial charge in [-0.2, -0.15) is 0 Å². The predicted octanol–water partition coefficient (Wildman–Crippen LogP) is 5.93. The van der Waals surface area contributed by atoms with Crippen molar-refractivity contribution in [3.63, 3.8) is 0 Å². The Kier molecular flexibility index (Phi) is 6.75. The molecule has 0 aliphatic rings. The molecule has 2 N–H and O–H groups in total. The number of hydrogen-bond donors (Lipinski definition) is 2. The van der Waals surface area contributed by atoms with Gasteiger partial charge < -0.3 is 15.2 Å². The van der Waals surface area contributed by atoms with Crippen LogP contribution in [0.15, 0.2) is 71.3 Å². The molecule has 4 rings (SSSR count). The molecule has 2 amide bonds. The smallest absolute Gasteiger partial charge is 0.257 e. The molecule has 0 atom stereocenters. The summed E-state index contributed by atoms with van der Waals surface area (Å²) in [5.41, 5.74) is 3.12. The molecule has 3 aromatic carbocycles. The third-order valence-corrected chi connectivity index (χ3v) is 5.56. The second kappa shape index (κ2) is 9.89. The van der Waals surface area contributed by atoms with E-state index in [1.807, 2.05) is 25.1 Å². The van der Waals surface area contributed by atoms with Crippen LogP contribution in [-0.2, 0) is 6.54 Å². The number of nitrogens with one attached hydrogen (secondary N) is 2. The lowest BCUT2D eigenvalue weighted by Gasteiger charge is -2.10. The fourth-order valence-corrected chi connectivity index (χ4v) is 3.72. The Balaban J connectivity index is 1.48. The molecule has 34 heavy (non-hydrogen) atoms. The molecule has 6 nitrogen and oxygen atoms in total. The molecule has 1 aromatic heterocycles. The van der Waals surface area contributed by atoms with Gasteiger partial charge in [-0.05, 0) is 55.8 Å². The van der Waals surface area contributed by atoms with Crippen LogP contribution >= 0.6 is 11.6 Å². The van der Waals surface area contributed by atoms with Gasteiger partial charge in [0.15, 0.2) is 0 Å². The Morgan fingerprint density at radius 1 is 1.00 bits per heavy atom. The van der Waals surface area contributed by atoms with Crippen molar-refractivity contribution in [1.29, 1.82) is 0 Å². The Bertz CT molecular complexity index is 1350. The highest BCUT2D eigenvalue weighted by Gasteiger charge is 2.25. The zero-order valence-electron chi connectivity index (χ0n) is 18.5. The van der Waals surface area contributed by atoms with Gasteiger partial charge in [0.2, 0.25) is 0 Å². The molecule has 172 valence electrons. The summed E-state index contributed by atoms with van der Waals surface area (Å²) in [5.74, 6) is -1.08. The number of rotatable bonds is 6. The van der Waals surface area contributed by atoms with E-state index in [0.717, 1.165) is 11.1 Å². The summed E-state index contributed by atoms with van der Waals surface area (Å²) in [6.07, 6.45) is 0. The molecule has 0 bridgehead atoms. The first-order chi connectivity index (χ1) is 16.3. The van der Waals surface area contributed by atoms with Crippen molar-refractivity contribution in [2.24, 2.45) is 0 Å². The highest BCUT2D eigenvalue weighted by Crippen LogP contribution is 2.33. The number of aryl methyl sites for hydroxylation is 2. The lowest BCUT2D eigenvalue weighted by Crippen LogP contribution is -2.24. The zero-order valence-corrected chi connectivity index (χ0v) is 19.2. The molecular weight excluding hydrogens is 457 g/mol. The van der Waals surface area contributed by atoms with Gasteiger partial charge >= 0.3 is 0 Å². The highest BCUT2D eigenvalue weighted by atomic mass is 35.5. The minimum absolute atomic E-state index is 0.00646. The zero-order chi connectivity index (χ0) is 24.2. The first-order valence-corrected chi connectivity index (χ1v) is 10.9. The lowest BCUT2D eigenvalue weighted by atomic mass is 10.0. The summed E-state index contributed by atoms with van der Waals surface area (Å²) < 4.78 is 19.6. The van der Waals surface area contributed by atoms with Crippen LogP contribution in [0.2, 0.25) is 5.02 Å². The molecule has 8 heteroatoms. The number of aromatic nitrogens is 1. The molecule has 1 heterocycles. The Hall–Kier alpha value is -3.97. The van der Waals surface area contributed by atoms with E-state index in [4.69, 9.17) is 16.1 Å².